The summed E-state index contributed by atoms with van der Waals surface area (Å²) in [5.41, 5.74) is 0.685. The summed E-state index contributed by atoms with van der Waals surface area (Å²) < 4.78 is 6.58. The predicted octanol–water partition coefficient (Wildman–Crippen LogP) is 3.66. The van der Waals surface area contributed by atoms with Gasteiger partial charge in [0.15, 0.2) is 0 Å². The summed E-state index contributed by atoms with van der Waals surface area (Å²) in [4.78, 5) is 12.5. The van der Waals surface area contributed by atoms with Gasteiger partial charge >= 0.3 is 5.97 Å². The van der Waals surface area contributed by atoms with Gasteiger partial charge < -0.3 is 10.1 Å². The van der Waals surface area contributed by atoms with Crippen LogP contribution in [0.1, 0.15) is 38.2 Å². The second-order valence-electron chi connectivity index (χ2n) is 5.48. The van der Waals surface area contributed by atoms with E-state index in [2.05, 4.69) is 28.2 Å². The van der Waals surface area contributed by atoms with Crippen molar-refractivity contribution >= 4 is 21.9 Å². The van der Waals surface area contributed by atoms with E-state index in [1.807, 2.05) is 24.3 Å². The third-order valence-electron chi connectivity index (χ3n) is 3.95. The average molecular weight is 340 g/mol. The molecule has 1 unspecified atom stereocenters. The second-order valence-corrected chi connectivity index (χ2v) is 6.33. The number of piperidine rings is 1. The fraction of sp³-hybridized carbons (Fsp3) is 0.562. The number of esters is 1. The van der Waals surface area contributed by atoms with Crippen LogP contribution < -0.4 is 5.32 Å². The van der Waals surface area contributed by atoms with Gasteiger partial charge in [-0.05, 0) is 31.9 Å². The summed E-state index contributed by atoms with van der Waals surface area (Å²) in [6.45, 7) is 4.21. The smallest absolute Gasteiger partial charge is 0.313 e. The van der Waals surface area contributed by atoms with Crippen LogP contribution in [0.5, 0.6) is 0 Å². The Hall–Kier alpha value is -0.870. The van der Waals surface area contributed by atoms with Crippen LogP contribution in [0.15, 0.2) is 28.7 Å². The Balaban J connectivity index is 2.00. The number of carbonyl (C=O) groups is 1. The molecule has 1 saturated heterocycles. The molecule has 0 saturated carbocycles. The Morgan fingerprint density at radius 1 is 1.45 bits per heavy atom. The van der Waals surface area contributed by atoms with Gasteiger partial charge in [0, 0.05) is 16.6 Å². The van der Waals surface area contributed by atoms with E-state index in [0.29, 0.717) is 6.61 Å². The molecule has 0 bridgehead atoms. The summed E-state index contributed by atoms with van der Waals surface area (Å²) in [5.74, 6) is -0.0534. The molecule has 1 N–H and O–H groups in total. The predicted molar refractivity (Wildman–Crippen MR) is 83.4 cm³/mol. The minimum Gasteiger partial charge on any atom is -0.460 e. The van der Waals surface area contributed by atoms with Crippen LogP contribution in [0.3, 0.4) is 0 Å². The van der Waals surface area contributed by atoms with Gasteiger partial charge in [-0.3, -0.25) is 4.79 Å². The molecular formula is C16H22BrNO2. The van der Waals surface area contributed by atoms with Gasteiger partial charge in [-0.25, -0.2) is 0 Å². The molecular weight excluding hydrogens is 318 g/mol. The van der Waals surface area contributed by atoms with E-state index in [4.69, 9.17) is 4.74 Å². The van der Waals surface area contributed by atoms with Crippen molar-refractivity contribution in [3.63, 3.8) is 0 Å². The quantitative estimate of drug-likeness (QED) is 0.832. The molecule has 1 aromatic carbocycles. The molecule has 1 aliphatic heterocycles. The molecule has 1 atom stereocenters. The lowest BCUT2D eigenvalue weighted by Crippen LogP contribution is -2.46. The Morgan fingerprint density at radius 2 is 2.25 bits per heavy atom. The van der Waals surface area contributed by atoms with Gasteiger partial charge in [0.05, 0.1) is 5.41 Å². The van der Waals surface area contributed by atoms with Crippen molar-refractivity contribution in [1.29, 1.82) is 0 Å². The first-order valence-corrected chi connectivity index (χ1v) is 8.08. The summed E-state index contributed by atoms with van der Waals surface area (Å²) >= 11 is 3.48. The molecule has 0 spiro atoms. The molecule has 1 aromatic rings. The Labute approximate surface area is 129 Å². The molecule has 110 valence electrons. The highest BCUT2D eigenvalue weighted by molar-refractivity contribution is 9.10. The van der Waals surface area contributed by atoms with Crippen molar-refractivity contribution in [2.75, 3.05) is 13.1 Å². The molecule has 4 heteroatoms. The number of hydrogen-bond acceptors (Lipinski definition) is 3. The van der Waals surface area contributed by atoms with Crippen molar-refractivity contribution in [1.82, 2.24) is 5.32 Å². The van der Waals surface area contributed by atoms with Crippen LogP contribution in [-0.2, 0) is 16.1 Å². The van der Waals surface area contributed by atoms with Crippen molar-refractivity contribution in [2.45, 2.75) is 39.2 Å². The highest BCUT2D eigenvalue weighted by atomic mass is 79.9. The van der Waals surface area contributed by atoms with Gasteiger partial charge in [0.2, 0.25) is 0 Å². The first-order valence-electron chi connectivity index (χ1n) is 7.29. The zero-order valence-corrected chi connectivity index (χ0v) is 13.5. The number of ether oxygens (including phenoxy) is 1. The lowest BCUT2D eigenvalue weighted by Gasteiger charge is -2.35. The summed E-state index contributed by atoms with van der Waals surface area (Å²) in [7, 11) is 0. The fourth-order valence-electron chi connectivity index (χ4n) is 2.85. The van der Waals surface area contributed by atoms with E-state index < -0.39 is 0 Å². The van der Waals surface area contributed by atoms with Gasteiger partial charge in [-0.15, -0.1) is 0 Å². The Bertz CT molecular complexity index is 450. The van der Waals surface area contributed by atoms with Crippen LogP contribution in [0.2, 0.25) is 0 Å². The number of rotatable bonds is 5. The number of nitrogens with one attached hydrogen (secondary N) is 1. The second kappa shape index (κ2) is 7.23. The normalized spacial score (nSPS) is 22.5. The maximum atomic E-state index is 12.5. The average Bonchev–Trinajstić information content (AvgIpc) is 2.47. The van der Waals surface area contributed by atoms with Crippen LogP contribution >= 0.6 is 15.9 Å². The number of halogens is 1. The van der Waals surface area contributed by atoms with Crippen molar-refractivity contribution in [2.24, 2.45) is 5.41 Å². The minimum absolute atomic E-state index is 0.0534. The van der Waals surface area contributed by atoms with E-state index in [1.54, 1.807) is 0 Å². The Morgan fingerprint density at radius 3 is 2.90 bits per heavy atom. The van der Waals surface area contributed by atoms with E-state index in [9.17, 15) is 4.79 Å². The van der Waals surface area contributed by atoms with Crippen molar-refractivity contribution < 1.29 is 9.53 Å². The third-order valence-corrected chi connectivity index (χ3v) is 4.72. The summed E-state index contributed by atoms with van der Waals surface area (Å²) in [5, 5.41) is 3.34. The fourth-order valence-corrected chi connectivity index (χ4v) is 3.25. The van der Waals surface area contributed by atoms with Gasteiger partial charge in [-0.1, -0.05) is 47.5 Å². The monoisotopic (exact) mass is 339 g/mol. The van der Waals surface area contributed by atoms with Crippen LogP contribution in [0.4, 0.5) is 0 Å². The van der Waals surface area contributed by atoms with E-state index in [0.717, 1.165) is 48.8 Å². The van der Waals surface area contributed by atoms with Gasteiger partial charge in [0.25, 0.3) is 0 Å². The Kier molecular flexibility index (Phi) is 5.61. The largest absolute Gasteiger partial charge is 0.460 e. The molecule has 20 heavy (non-hydrogen) atoms. The first kappa shape index (κ1) is 15.5. The van der Waals surface area contributed by atoms with Crippen LogP contribution in [-0.4, -0.2) is 19.1 Å². The zero-order chi connectivity index (χ0) is 14.4. The zero-order valence-electron chi connectivity index (χ0n) is 12.0. The van der Waals surface area contributed by atoms with Gasteiger partial charge in [-0.2, -0.15) is 0 Å². The van der Waals surface area contributed by atoms with Crippen LogP contribution in [0.25, 0.3) is 0 Å². The highest BCUT2D eigenvalue weighted by Gasteiger charge is 2.40. The molecule has 1 aliphatic rings. The lowest BCUT2D eigenvalue weighted by molar-refractivity contribution is -0.159. The van der Waals surface area contributed by atoms with Crippen LogP contribution in [0, 0.1) is 5.41 Å². The lowest BCUT2D eigenvalue weighted by atomic mass is 9.77. The third kappa shape index (κ3) is 3.61. The van der Waals surface area contributed by atoms with E-state index in [-0.39, 0.29) is 11.4 Å². The molecule has 1 fully saturated rings. The molecule has 3 nitrogen and oxygen atoms in total. The molecule has 1 heterocycles. The minimum atomic E-state index is -0.325. The number of hydrogen-bond donors (Lipinski definition) is 1. The van der Waals surface area contributed by atoms with E-state index in [1.165, 1.54) is 0 Å². The standard InChI is InChI=1S/C16H22BrNO2/c1-2-8-16(9-5-10-18-12-16)15(19)20-11-13-6-3-4-7-14(13)17/h3-4,6-7,18H,2,5,8-12H2,1H3. The summed E-state index contributed by atoms with van der Waals surface area (Å²) in [6.07, 6.45) is 3.88. The molecule has 2 rings (SSSR count). The van der Waals surface area contributed by atoms with Gasteiger partial charge in [0.1, 0.15) is 6.61 Å². The number of benzene rings is 1. The van der Waals surface area contributed by atoms with E-state index >= 15 is 0 Å². The summed E-state index contributed by atoms with van der Waals surface area (Å²) in [6, 6.07) is 7.85. The SMILES string of the molecule is CCCC1(C(=O)OCc2ccccc2Br)CCCNC1. The molecule has 0 aromatic heterocycles. The maximum Gasteiger partial charge on any atom is 0.313 e. The first-order chi connectivity index (χ1) is 9.68. The molecule has 0 aliphatic carbocycles. The number of carbonyl (C=O) groups excluding carboxylic acids is 1. The van der Waals surface area contributed by atoms with Crippen molar-refractivity contribution in [3.05, 3.63) is 34.3 Å². The van der Waals surface area contributed by atoms with Crippen molar-refractivity contribution in [3.8, 4) is 0 Å². The molecule has 0 amide bonds. The topological polar surface area (TPSA) is 38.3 Å². The molecule has 0 radical (unpaired) electrons. The maximum absolute atomic E-state index is 12.5. The highest BCUT2D eigenvalue weighted by Crippen LogP contribution is 2.33.